The Balaban J connectivity index is 2.26. The zero-order valence-electron chi connectivity index (χ0n) is 9.28. The van der Waals surface area contributed by atoms with Crippen LogP contribution in [-0.4, -0.2) is 37.8 Å². The highest BCUT2D eigenvalue weighted by Crippen LogP contribution is 2.21. The quantitative estimate of drug-likeness (QED) is 0.685. The highest BCUT2D eigenvalue weighted by Gasteiger charge is 2.37. The molecule has 1 fully saturated rings. The van der Waals surface area contributed by atoms with E-state index in [1.165, 1.54) is 0 Å². The summed E-state index contributed by atoms with van der Waals surface area (Å²) < 4.78 is 16.2. The fourth-order valence-electron chi connectivity index (χ4n) is 1.19. The molecule has 0 saturated carbocycles. The van der Waals surface area contributed by atoms with Gasteiger partial charge >= 0.3 is 0 Å². The second kappa shape index (κ2) is 4.90. The average Bonchev–Trinajstić information content (AvgIpc) is 2.19. The van der Waals surface area contributed by atoms with Crippen LogP contribution in [-0.2, 0) is 14.2 Å². The van der Waals surface area contributed by atoms with Crippen molar-refractivity contribution < 1.29 is 14.2 Å². The molecule has 0 aliphatic carbocycles. The molecule has 15 heavy (non-hydrogen) atoms. The second-order valence-electron chi connectivity index (χ2n) is 4.30. The van der Waals surface area contributed by atoms with Crippen molar-refractivity contribution in [3.8, 4) is 6.07 Å². The highest BCUT2D eigenvalue weighted by molar-refractivity contribution is 4.88. The van der Waals surface area contributed by atoms with E-state index in [1.807, 2.05) is 19.9 Å². The SMILES string of the molecule is CC1(C)OCC(N)(COCCC#N)CO1. The van der Waals surface area contributed by atoms with E-state index >= 15 is 0 Å². The number of nitrogens with zero attached hydrogens (tertiary/aromatic N) is 1. The highest BCUT2D eigenvalue weighted by atomic mass is 16.7. The summed E-state index contributed by atoms with van der Waals surface area (Å²) in [5.41, 5.74) is 5.41. The molecule has 1 heterocycles. The molecule has 0 radical (unpaired) electrons. The summed E-state index contributed by atoms with van der Waals surface area (Å²) in [6.07, 6.45) is 0.378. The summed E-state index contributed by atoms with van der Waals surface area (Å²) in [6.45, 7) is 5.27. The van der Waals surface area contributed by atoms with E-state index in [-0.39, 0.29) is 0 Å². The maximum absolute atomic E-state index is 8.33. The molecular weight excluding hydrogens is 196 g/mol. The van der Waals surface area contributed by atoms with Crippen molar-refractivity contribution in [1.82, 2.24) is 0 Å². The predicted molar refractivity (Wildman–Crippen MR) is 54.0 cm³/mol. The first-order chi connectivity index (χ1) is 6.97. The van der Waals surface area contributed by atoms with E-state index in [4.69, 9.17) is 25.2 Å². The Morgan fingerprint density at radius 1 is 1.40 bits per heavy atom. The maximum Gasteiger partial charge on any atom is 0.162 e. The Labute approximate surface area is 90.1 Å². The molecule has 0 atom stereocenters. The predicted octanol–water partition coefficient (Wildman–Crippen LogP) is 0.397. The minimum atomic E-state index is -0.592. The molecule has 0 aromatic carbocycles. The third-order valence-electron chi connectivity index (χ3n) is 2.16. The molecule has 0 unspecified atom stereocenters. The van der Waals surface area contributed by atoms with Gasteiger partial charge in [-0.25, -0.2) is 0 Å². The smallest absolute Gasteiger partial charge is 0.162 e. The molecule has 0 aromatic heterocycles. The summed E-state index contributed by atoms with van der Waals surface area (Å²) in [4.78, 5) is 0. The van der Waals surface area contributed by atoms with Crippen molar-refractivity contribution >= 4 is 0 Å². The number of nitriles is 1. The van der Waals surface area contributed by atoms with Gasteiger partial charge in [-0.1, -0.05) is 0 Å². The van der Waals surface area contributed by atoms with E-state index in [1.54, 1.807) is 0 Å². The maximum atomic E-state index is 8.33. The van der Waals surface area contributed by atoms with Crippen LogP contribution in [0.25, 0.3) is 0 Å². The van der Waals surface area contributed by atoms with Crippen LogP contribution in [0.15, 0.2) is 0 Å². The fraction of sp³-hybridized carbons (Fsp3) is 0.900. The normalized spacial score (nSPS) is 23.3. The Morgan fingerprint density at radius 2 is 2.00 bits per heavy atom. The van der Waals surface area contributed by atoms with Gasteiger partial charge in [-0.3, -0.25) is 0 Å². The zero-order chi connectivity index (χ0) is 11.4. The third kappa shape index (κ3) is 4.14. The molecule has 0 amide bonds. The van der Waals surface area contributed by atoms with Crippen LogP contribution in [0.4, 0.5) is 0 Å². The van der Waals surface area contributed by atoms with Crippen LogP contribution in [0.2, 0.25) is 0 Å². The first kappa shape index (κ1) is 12.4. The summed E-state index contributed by atoms with van der Waals surface area (Å²) in [5.74, 6) is -0.560. The van der Waals surface area contributed by atoms with Gasteiger partial charge in [0, 0.05) is 0 Å². The fourth-order valence-corrected chi connectivity index (χ4v) is 1.19. The van der Waals surface area contributed by atoms with Gasteiger partial charge in [-0.05, 0) is 13.8 Å². The molecule has 1 rings (SSSR count). The Kier molecular flexibility index (Phi) is 4.05. The van der Waals surface area contributed by atoms with Crippen LogP contribution < -0.4 is 5.73 Å². The lowest BCUT2D eigenvalue weighted by Crippen LogP contribution is -2.59. The molecule has 1 saturated heterocycles. The topological polar surface area (TPSA) is 77.5 Å². The number of hydrogen-bond donors (Lipinski definition) is 1. The lowest BCUT2D eigenvalue weighted by atomic mass is 10.0. The molecular formula is C10H18N2O3. The van der Waals surface area contributed by atoms with Gasteiger partial charge in [-0.15, -0.1) is 0 Å². The first-order valence-electron chi connectivity index (χ1n) is 4.99. The lowest BCUT2D eigenvalue weighted by molar-refractivity contribution is -0.271. The summed E-state index contributed by atoms with van der Waals surface area (Å²) in [5, 5.41) is 8.33. The van der Waals surface area contributed by atoms with E-state index < -0.39 is 11.3 Å². The molecule has 5 heteroatoms. The van der Waals surface area contributed by atoms with Crippen LogP contribution in [0.5, 0.6) is 0 Å². The molecule has 1 aliphatic rings. The van der Waals surface area contributed by atoms with Gasteiger partial charge in [0.2, 0.25) is 0 Å². The van der Waals surface area contributed by atoms with Gasteiger partial charge in [0.05, 0.1) is 44.5 Å². The molecule has 2 N–H and O–H groups in total. The van der Waals surface area contributed by atoms with Crippen molar-refractivity contribution in [3.63, 3.8) is 0 Å². The van der Waals surface area contributed by atoms with Crippen LogP contribution >= 0.6 is 0 Å². The Bertz CT molecular complexity index is 238. The second-order valence-corrected chi connectivity index (χ2v) is 4.30. The average molecular weight is 214 g/mol. The number of nitrogens with two attached hydrogens (primary N) is 1. The van der Waals surface area contributed by atoms with Gasteiger partial charge in [0.1, 0.15) is 0 Å². The monoisotopic (exact) mass is 214 g/mol. The standard InChI is InChI=1S/C10H18N2O3/c1-9(2)14-7-10(12,8-15-9)6-13-5-3-4-11/h3,5-8,12H2,1-2H3. The molecule has 1 aliphatic heterocycles. The van der Waals surface area contributed by atoms with Crippen LogP contribution in [0.1, 0.15) is 20.3 Å². The molecule has 0 aromatic rings. The summed E-state index contributed by atoms with van der Waals surface area (Å²) in [7, 11) is 0. The summed E-state index contributed by atoms with van der Waals surface area (Å²) in [6, 6.07) is 2.00. The van der Waals surface area contributed by atoms with Crippen molar-refractivity contribution in [2.24, 2.45) is 5.73 Å². The van der Waals surface area contributed by atoms with Crippen LogP contribution in [0.3, 0.4) is 0 Å². The molecule has 0 spiro atoms. The van der Waals surface area contributed by atoms with E-state index in [2.05, 4.69) is 0 Å². The number of ether oxygens (including phenoxy) is 3. The van der Waals surface area contributed by atoms with Crippen LogP contribution in [0, 0.1) is 11.3 Å². The zero-order valence-corrected chi connectivity index (χ0v) is 9.28. The van der Waals surface area contributed by atoms with Gasteiger partial charge < -0.3 is 19.9 Å². The Hall–Kier alpha value is -0.670. The van der Waals surface area contributed by atoms with Crippen molar-refractivity contribution in [2.75, 3.05) is 26.4 Å². The van der Waals surface area contributed by atoms with Crippen molar-refractivity contribution in [1.29, 1.82) is 5.26 Å². The molecule has 0 bridgehead atoms. The number of rotatable bonds is 4. The minimum Gasteiger partial charge on any atom is -0.378 e. The van der Waals surface area contributed by atoms with E-state index in [0.717, 1.165) is 0 Å². The molecule has 86 valence electrons. The van der Waals surface area contributed by atoms with E-state index in [0.29, 0.717) is 32.8 Å². The van der Waals surface area contributed by atoms with Gasteiger partial charge in [-0.2, -0.15) is 5.26 Å². The molecule has 5 nitrogen and oxygen atoms in total. The largest absolute Gasteiger partial charge is 0.378 e. The van der Waals surface area contributed by atoms with Gasteiger partial charge in [0.25, 0.3) is 0 Å². The van der Waals surface area contributed by atoms with Crippen molar-refractivity contribution in [2.45, 2.75) is 31.6 Å². The summed E-state index contributed by atoms with van der Waals surface area (Å²) >= 11 is 0. The lowest BCUT2D eigenvalue weighted by Gasteiger charge is -2.40. The number of hydrogen-bond acceptors (Lipinski definition) is 5. The Morgan fingerprint density at radius 3 is 2.53 bits per heavy atom. The van der Waals surface area contributed by atoms with Gasteiger partial charge in [0.15, 0.2) is 5.79 Å². The minimum absolute atomic E-state index is 0.352. The first-order valence-corrected chi connectivity index (χ1v) is 4.99. The van der Waals surface area contributed by atoms with Crippen molar-refractivity contribution in [3.05, 3.63) is 0 Å². The van der Waals surface area contributed by atoms with E-state index in [9.17, 15) is 0 Å². The third-order valence-corrected chi connectivity index (χ3v) is 2.16.